The molecule has 1 aliphatic rings. The van der Waals surface area contributed by atoms with Crippen LogP contribution in [-0.2, 0) is 0 Å². The molecule has 1 N–H and O–H groups in total. The molecule has 0 aromatic rings. The topological polar surface area (TPSA) is 15.3 Å². The fourth-order valence-corrected chi connectivity index (χ4v) is 4.26. The summed E-state index contributed by atoms with van der Waals surface area (Å²) in [5.74, 6) is 0.769. The Hall–Kier alpha value is -0.0800. The van der Waals surface area contributed by atoms with E-state index < -0.39 is 0 Å². The first-order valence-corrected chi connectivity index (χ1v) is 8.64. The van der Waals surface area contributed by atoms with E-state index in [9.17, 15) is 0 Å². The standard InChI is InChI=1S/C17H36N2/c1-6-12-15(5)16(18-9-4)17(7-2,8-3)19-13-10-11-14-19/h15-16,18H,6-14H2,1-5H3. The fourth-order valence-electron chi connectivity index (χ4n) is 4.26. The molecule has 0 saturated carbocycles. The zero-order chi connectivity index (χ0) is 14.3. The molecule has 1 saturated heterocycles. The summed E-state index contributed by atoms with van der Waals surface area (Å²) >= 11 is 0. The number of likely N-dealkylation sites (tertiary alicyclic amines) is 1. The van der Waals surface area contributed by atoms with Crippen molar-refractivity contribution in [3.8, 4) is 0 Å². The van der Waals surface area contributed by atoms with Crippen LogP contribution in [0.1, 0.15) is 73.1 Å². The van der Waals surface area contributed by atoms with E-state index in [-0.39, 0.29) is 0 Å². The van der Waals surface area contributed by atoms with Gasteiger partial charge in [-0.05, 0) is 57.7 Å². The molecular weight excluding hydrogens is 232 g/mol. The Morgan fingerprint density at radius 1 is 1.05 bits per heavy atom. The quantitative estimate of drug-likeness (QED) is 0.678. The largest absolute Gasteiger partial charge is 0.312 e. The summed E-state index contributed by atoms with van der Waals surface area (Å²) in [4.78, 5) is 2.80. The minimum absolute atomic E-state index is 0.376. The van der Waals surface area contributed by atoms with Crippen molar-refractivity contribution in [2.45, 2.75) is 84.7 Å². The predicted octanol–water partition coefficient (Wildman–Crippen LogP) is 4.06. The SMILES string of the molecule is CCCC(C)C(NCC)C(CC)(CC)N1CCCC1. The van der Waals surface area contributed by atoms with Gasteiger partial charge in [-0.1, -0.05) is 41.0 Å². The van der Waals surface area contributed by atoms with E-state index in [0.717, 1.165) is 12.5 Å². The third-order valence-corrected chi connectivity index (χ3v) is 5.28. The van der Waals surface area contributed by atoms with E-state index in [1.165, 1.54) is 51.6 Å². The average molecular weight is 268 g/mol. The van der Waals surface area contributed by atoms with Crippen LogP contribution in [0, 0.1) is 5.92 Å². The second kappa shape index (κ2) is 8.26. The van der Waals surface area contributed by atoms with Crippen LogP contribution < -0.4 is 5.32 Å². The minimum Gasteiger partial charge on any atom is -0.312 e. The van der Waals surface area contributed by atoms with Crippen LogP contribution in [0.15, 0.2) is 0 Å². The molecule has 0 spiro atoms. The maximum Gasteiger partial charge on any atom is 0.0359 e. The summed E-state index contributed by atoms with van der Waals surface area (Å²) in [5.41, 5.74) is 0.376. The van der Waals surface area contributed by atoms with Crippen LogP contribution in [-0.4, -0.2) is 36.1 Å². The lowest BCUT2D eigenvalue weighted by atomic mass is 9.75. The molecule has 0 amide bonds. The van der Waals surface area contributed by atoms with Gasteiger partial charge in [-0.25, -0.2) is 0 Å². The third-order valence-electron chi connectivity index (χ3n) is 5.28. The monoisotopic (exact) mass is 268 g/mol. The Labute approximate surface area is 121 Å². The molecule has 1 heterocycles. The summed E-state index contributed by atoms with van der Waals surface area (Å²) in [7, 11) is 0. The van der Waals surface area contributed by atoms with Crippen LogP contribution in [0.4, 0.5) is 0 Å². The maximum atomic E-state index is 3.85. The van der Waals surface area contributed by atoms with E-state index in [1.54, 1.807) is 0 Å². The molecule has 0 aromatic heterocycles. The van der Waals surface area contributed by atoms with Crippen molar-refractivity contribution in [2.24, 2.45) is 5.92 Å². The van der Waals surface area contributed by atoms with Gasteiger partial charge in [-0.3, -0.25) is 4.90 Å². The summed E-state index contributed by atoms with van der Waals surface area (Å²) in [6, 6.07) is 0.644. The Kier molecular flexibility index (Phi) is 7.38. The number of rotatable bonds is 9. The van der Waals surface area contributed by atoms with Gasteiger partial charge in [0.2, 0.25) is 0 Å². The minimum atomic E-state index is 0.376. The smallest absolute Gasteiger partial charge is 0.0359 e. The van der Waals surface area contributed by atoms with E-state index in [4.69, 9.17) is 0 Å². The molecule has 1 fully saturated rings. The Balaban J connectivity index is 2.95. The lowest BCUT2D eigenvalue weighted by Gasteiger charge is -2.49. The predicted molar refractivity (Wildman–Crippen MR) is 85.7 cm³/mol. The van der Waals surface area contributed by atoms with Gasteiger partial charge in [0.1, 0.15) is 0 Å². The molecule has 0 radical (unpaired) electrons. The van der Waals surface area contributed by atoms with Gasteiger partial charge in [0.25, 0.3) is 0 Å². The van der Waals surface area contributed by atoms with Gasteiger partial charge in [-0.2, -0.15) is 0 Å². The number of hydrogen-bond acceptors (Lipinski definition) is 2. The molecule has 114 valence electrons. The number of nitrogens with zero attached hydrogens (tertiary/aromatic N) is 1. The van der Waals surface area contributed by atoms with E-state index in [1.807, 2.05) is 0 Å². The van der Waals surface area contributed by atoms with E-state index in [2.05, 4.69) is 44.8 Å². The Morgan fingerprint density at radius 3 is 2.05 bits per heavy atom. The van der Waals surface area contributed by atoms with Crippen molar-refractivity contribution >= 4 is 0 Å². The highest BCUT2D eigenvalue weighted by molar-refractivity contribution is 5.02. The maximum absolute atomic E-state index is 3.85. The zero-order valence-electron chi connectivity index (χ0n) is 14.0. The van der Waals surface area contributed by atoms with Crippen LogP contribution in [0.5, 0.6) is 0 Å². The highest BCUT2D eigenvalue weighted by atomic mass is 15.2. The number of likely N-dealkylation sites (N-methyl/N-ethyl adjacent to an activating group) is 1. The third kappa shape index (κ3) is 3.72. The summed E-state index contributed by atoms with van der Waals surface area (Å²) in [6.45, 7) is 15.5. The van der Waals surface area contributed by atoms with Crippen LogP contribution in [0.2, 0.25) is 0 Å². The first-order chi connectivity index (χ1) is 9.16. The van der Waals surface area contributed by atoms with Crippen molar-refractivity contribution in [1.82, 2.24) is 10.2 Å². The van der Waals surface area contributed by atoms with Gasteiger partial charge in [-0.15, -0.1) is 0 Å². The molecule has 0 aromatic carbocycles. The highest BCUT2D eigenvalue weighted by Gasteiger charge is 2.43. The van der Waals surface area contributed by atoms with Crippen molar-refractivity contribution in [2.75, 3.05) is 19.6 Å². The molecule has 1 aliphatic heterocycles. The molecular formula is C17H36N2. The van der Waals surface area contributed by atoms with Gasteiger partial charge in [0, 0.05) is 11.6 Å². The molecule has 2 nitrogen and oxygen atoms in total. The van der Waals surface area contributed by atoms with Crippen LogP contribution in [0.3, 0.4) is 0 Å². The lowest BCUT2D eigenvalue weighted by molar-refractivity contribution is 0.0393. The van der Waals surface area contributed by atoms with Crippen molar-refractivity contribution in [3.05, 3.63) is 0 Å². The van der Waals surface area contributed by atoms with Crippen molar-refractivity contribution < 1.29 is 0 Å². The molecule has 1 rings (SSSR count). The van der Waals surface area contributed by atoms with Crippen LogP contribution in [0.25, 0.3) is 0 Å². The summed E-state index contributed by atoms with van der Waals surface area (Å²) < 4.78 is 0. The molecule has 19 heavy (non-hydrogen) atoms. The van der Waals surface area contributed by atoms with Gasteiger partial charge < -0.3 is 5.32 Å². The first kappa shape index (κ1) is 17.0. The van der Waals surface area contributed by atoms with Crippen LogP contribution >= 0.6 is 0 Å². The van der Waals surface area contributed by atoms with E-state index in [0.29, 0.717) is 11.6 Å². The van der Waals surface area contributed by atoms with E-state index >= 15 is 0 Å². The number of hydrogen-bond donors (Lipinski definition) is 1. The van der Waals surface area contributed by atoms with Gasteiger partial charge in [0.15, 0.2) is 0 Å². The zero-order valence-corrected chi connectivity index (χ0v) is 14.0. The Bertz CT molecular complexity index is 229. The van der Waals surface area contributed by atoms with Crippen molar-refractivity contribution in [3.63, 3.8) is 0 Å². The fraction of sp³-hybridized carbons (Fsp3) is 1.00. The second-order valence-corrected chi connectivity index (χ2v) is 6.31. The normalized spacial score (nSPS) is 20.7. The molecule has 2 heteroatoms. The number of nitrogens with one attached hydrogen (secondary N) is 1. The molecule has 0 aliphatic carbocycles. The lowest BCUT2D eigenvalue weighted by Crippen LogP contribution is -2.62. The Morgan fingerprint density at radius 2 is 1.63 bits per heavy atom. The molecule has 0 bridgehead atoms. The molecule has 2 atom stereocenters. The second-order valence-electron chi connectivity index (χ2n) is 6.31. The van der Waals surface area contributed by atoms with Gasteiger partial charge >= 0.3 is 0 Å². The van der Waals surface area contributed by atoms with Crippen molar-refractivity contribution in [1.29, 1.82) is 0 Å². The highest BCUT2D eigenvalue weighted by Crippen LogP contribution is 2.35. The van der Waals surface area contributed by atoms with Gasteiger partial charge in [0.05, 0.1) is 0 Å². The first-order valence-electron chi connectivity index (χ1n) is 8.64. The summed E-state index contributed by atoms with van der Waals surface area (Å²) in [5, 5.41) is 3.85. The average Bonchev–Trinajstić information content (AvgIpc) is 2.94. The summed E-state index contributed by atoms with van der Waals surface area (Å²) in [6.07, 6.45) is 7.97. The molecule has 2 unspecified atom stereocenters.